The molecule has 0 aromatic carbocycles. The normalized spacial score (nSPS) is 21.4. The van der Waals surface area contributed by atoms with Crippen molar-refractivity contribution in [1.82, 2.24) is 0 Å². The van der Waals surface area contributed by atoms with Gasteiger partial charge in [0.15, 0.2) is 0 Å². The summed E-state index contributed by atoms with van der Waals surface area (Å²) in [5.41, 5.74) is 0. The van der Waals surface area contributed by atoms with E-state index in [-0.39, 0.29) is 25.4 Å². The highest BCUT2D eigenvalue weighted by Crippen LogP contribution is 2.30. The molecule has 0 saturated carbocycles. The van der Waals surface area contributed by atoms with Crippen molar-refractivity contribution < 1.29 is 28.2 Å². The number of allylic oxidation sites excluding steroid dienone is 1. The van der Waals surface area contributed by atoms with Gasteiger partial charge in [-0.3, -0.25) is 0 Å². The van der Waals surface area contributed by atoms with Gasteiger partial charge < -0.3 is 28.2 Å². The molecule has 1 aliphatic rings. The molecule has 0 aliphatic carbocycles. The van der Waals surface area contributed by atoms with Gasteiger partial charge in [0.2, 0.25) is 0 Å². The van der Waals surface area contributed by atoms with Gasteiger partial charge in [0.25, 0.3) is 0 Å². The Labute approximate surface area is 163 Å². The van der Waals surface area contributed by atoms with E-state index in [1.807, 2.05) is 17.8 Å². The van der Waals surface area contributed by atoms with Gasteiger partial charge in [0.05, 0.1) is 19.3 Å². The highest BCUT2D eigenvalue weighted by atomic mass is 32.2. The van der Waals surface area contributed by atoms with E-state index >= 15 is 0 Å². The molecule has 6 nitrogen and oxygen atoms in total. The number of hydrogen-bond donors (Lipinski definition) is 2. The number of rotatable bonds is 17. The Balaban J connectivity index is 2.20. The van der Waals surface area contributed by atoms with Crippen molar-refractivity contribution in [2.24, 2.45) is 5.92 Å². The van der Waals surface area contributed by atoms with Gasteiger partial charge in [-0.25, -0.2) is 0 Å². The summed E-state index contributed by atoms with van der Waals surface area (Å²) in [6.45, 7) is 0.231. The van der Waals surface area contributed by atoms with Gasteiger partial charge in [-0.15, -0.1) is 0 Å². The minimum atomic E-state index is -2.43. The summed E-state index contributed by atoms with van der Waals surface area (Å²) in [7, 11) is 2.53. The Morgan fingerprint density at radius 3 is 2.35 bits per heavy atom. The molecule has 1 heterocycles. The van der Waals surface area contributed by atoms with E-state index in [9.17, 15) is 0 Å². The molecular weight excluding hydrogens is 372 g/mol. The first-order valence-corrected chi connectivity index (χ1v) is 12.5. The summed E-state index contributed by atoms with van der Waals surface area (Å²) in [5, 5.41) is 18.0. The quantitative estimate of drug-likeness (QED) is 0.166. The maximum Gasteiger partial charge on any atom is 0.500 e. The van der Waals surface area contributed by atoms with E-state index in [0.717, 1.165) is 49.7 Å². The maximum atomic E-state index is 9.06. The lowest BCUT2D eigenvalue weighted by Crippen LogP contribution is -2.42. The second-order valence-corrected chi connectivity index (χ2v) is 10.8. The molecule has 154 valence electrons. The van der Waals surface area contributed by atoms with Crippen LogP contribution in [0, 0.1) is 5.92 Å². The standard InChI is InChI=1S/C18H36O6SSi/c1-21-26(22-2,23-3)14-6-12-25-13-10-16(7-4-5-11-19)8-9-17-18(15-20)24-17/h4-5,16-20H,6-15H2,1-3H3/b5-4+. The van der Waals surface area contributed by atoms with Crippen LogP contribution in [0.15, 0.2) is 12.2 Å². The topological polar surface area (TPSA) is 80.7 Å². The largest absolute Gasteiger partial charge is 0.500 e. The van der Waals surface area contributed by atoms with Crippen LogP contribution in [0.25, 0.3) is 0 Å². The van der Waals surface area contributed by atoms with Crippen LogP contribution in [0.2, 0.25) is 6.04 Å². The first kappa shape index (κ1) is 24.1. The van der Waals surface area contributed by atoms with E-state index in [1.54, 1.807) is 21.3 Å². The Morgan fingerprint density at radius 1 is 1.04 bits per heavy atom. The molecule has 0 bridgehead atoms. The molecule has 0 amide bonds. The average molecular weight is 409 g/mol. The molecule has 3 atom stereocenters. The lowest BCUT2D eigenvalue weighted by atomic mass is 9.95. The molecule has 1 aliphatic heterocycles. The molecule has 0 aromatic rings. The van der Waals surface area contributed by atoms with Crippen LogP contribution >= 0.6 is 11.8 Å². The third-order valence-corrected chi connectivity index (χ3v) is 8.78. The fourth-order valence-corrected chi connectivity index (χ4v) is 6.07. The summed E-state index contributed by atoms with van der Waals surface area (Å²) in [6.07, 6.45) is 9.47. The van der Waals surface area contributed by atoms with Crippen molar-refractivity contribution in [2.45, 2.75) is 50.4 Å². The predicted octanol–water partition coefficient (Wildman–Crippen LogP) is 2.47. The van der Waals surface area contributed by atoms with Crippen molar-refractivity contribution in [1.29, 1.82) is 0 Å². The zero-order chi connectivity index (χ0) is 19.3. The van der Waals surface area contributed by atoms with Crippen LogP contribution in [-0.4, -0.2) is 77.3 Å². The Bertz CT molecular complexity index is 372. The molecule has 26 heavy (non-hydrogen) atoms. The Kier molecular flexibility index (Phi) is 13.1. The van der Waals surface area contributed by atoms with E-state index in [4.69, 9.17) is 28.2 Å². The minimum Gasteiger partial charge on any atom is -0.394 e. The lowest BCUT2D eigenvalue weighted by Gasteiger charge is -2.24. The number of ether oxygens (including phenoxy) is 1. The Morgan fingerprint density at radius 2 is 1.77 bits per heavy atom. The van der Waals surface area contributed by atoms with Crippen LogP contribution < -0.4 is 0 Å². The number of epoxide rings is 1. The van der Waals surface area contributed by atoms with Gasteiger partial charge in [-0.05, 0) is 49.5 Å². The third kappa shape index (κ3) is 9.32. The van der Waals surface area contributed by atoms with Crippen LogP contribution in [0.1, 0.15) is 32.1 Å². The van der Waals surface area contributed by atoms with Crippen LogP contribution in [0.3, 0.4) is 0 Å². The highest BCUT2D eigenvalue weighted by Gasteiger charge is 2.38. The van der Waals surface area contributed by atoms with Crippen molar-refractivity contribution in [3.05, 3.63) is 12.2 Å². The summed E-state index contributed by atoms with van der Waals surface area (Å²) in [5.74, 6) is 2.79. The fourth-order valence-electron chi connectivity index (χ4n) is 3.04. The lowest BCUT2D eigenvalue weighted by molar-refractivity contribution is 0.123. The molecule has 1 rings (SSSR count). The maximum absolute atomic E-state index is 9.06. The molecule has 2 N–H and O–H groups in total. The molecule has 1 fully saturated rings. The minimum absolute atomic E-state index is 0.0600. The van der Waals surface area contributed by atoms with Crippen molar-refractivity contribution in [2.75, 3.05) is 46.0 Å². The van der Waals surface area contributed by atoms with Gasteiger partial charge in [0, 0.05) is 27.4 Å². The van der Waals surface area contributed by atoms with Crippen LogP contribution in [0.4, 0.5) is 0 Å². The molecule has 0 spiro atoms. The fraction of sp³-hybridized carbons (Fsp3) is 0.889. The Hall–Kier alpha value is 0.0669. The number of thioether (sulfide) groups is 1. The monoisotopic (exact) mass is 408 g/mol. The molecule has 0 aromatic heterocycles. The molecule has 8 heteroatoms. The van der Waals surface area contributed by atoms with Gasteiger partial charge in [0.1, 0.15) is 6.10 Å². The second kappa shape index (κ2) is 14.1. The van der Waals surface area contributed by atoms with Crippen LogP contribution in [0.5, 0.6) is 0 Å². The number of aliphatic hydroxyl groups is 2. The van der Waals surface area contributed by atoms with Gasteiger partial charge >= 0.3 is 8.80 Å². The predicted molar refractivity (Wildman–Crippen MR) is 107 cm³/mol. The smallest absolute Gasteiger partial charge is 0.394 e. The summed E-state index contributed by atoms with van der Waals surface area (Å²) >= 11 is 1.96. The first-order chi connectivity index (χ1) is 12.6. The molecular formula is C18H36O6SSi. The van der Waals surface area contributed by atoms with Crippen molar-refractivity contribution in [3.8, 4) is 0 Å². The molecule has 3 unspecified atom stereocenters. The van der Waals surface area contributed by atoms with E-state index in [0.29, 0.717) is 5.92 Å². The number of aliphatic hydroxyl groups excluding tert-OH is 2. The van der Waals surface area contributed by atoms with Crippen molar-refractivity contribution in [3.63, 3.8) is 0 Å². The van der Waals surface area contributed by atoms with Crippen molar-refractivity contribution >= 4 is 20.6 Å². The van der Waals surface area contributed by atoms with Crippen LogP contribution in [-0.2, 0) is 18.0 Å². The third-order valence-electron chi connectivity index (χ3n) is 4.84. The molecule has 0 radical (unpaired) electrons. The second-order valence-electron chi connectivity index (χ2n) is 6.53. The number of hydrogen-bond acceptors (Lipinski definition) is 7. The van der Waals surface area contributed by atoms with E-state index in [1.165, 1.54) is 0 Å². The summed E-state index contributed by atoms with van der Waals surface area (Å²) in [4.78, 5) is 0. The van der Waals surface area contributed by atoms with Gasteiger partial charge in [-0.1, -0.05) is 12.2 Å². The highest BCUT2D eigenvalue weighted by molar-refractivity contribution is 7.99. The zero-order valence-corrected chi connectivity index (χ0v) is 18.2. The SMILES string of the molecule is CO[Si](CCCSCCC(C/C=C/CO)CCC1OC1CO)(OC)OC. The first-order valence-electron chi connectivity index (χ1n) is 9.40. The zero-order valence-electron chi connectivity index (χ0n) is 16.4. The molecule has 1 saturated heterocycles. The summed E-state index contributed by atoms with van der Waals surface area (Å²) in [6, 6.07) is 0.841. The van der Waals surface area contributed by atoms with Gasteiger partial charge in [-0.2, -0.15) is 11.8 Å². The van der Waals surface area contributed by atoms with E-state index < -0.39 is 8.80 Å². The van der Waals surface area contributed by atoms with E-state index in [2.05, 4.69) is 6.08 Å². The summed E-state index contributed by atoms with van der Waals surface area (Å²) < 4.78 is 21.7. The average Bonchev–Trinajstić information content (AvgIpc) is 3.44.